The van der Waals surface area contributed by atoms with E-state index in [4.69, 9.17) is 0 Å². The molecule has 2 heterocycles. The van der Waals surface area contributed by atoms with Crippen LogP contribution in [0.3, 0.4) is 0 Å². The fourth-order valence-corrected chi connectivity index (χ4v) is 2.15. The highest BCUT2D eigenvalue weighted by Crippen LogP contribution is 2.13. The monoisotopic (exact) mass is 249 g/mol. The van der Waals surface area contributed by atoms with Gasteiger partial charge in [0.05, 0.1) is 12.1 Å². The van der Waals surface area contributed by atoms with Gasteiger partial charge in [0.15, 0.2) is 0 Å². The van der Waals surface area contributed by atoms with E-state index < -0.39 is 0 Å². The molecule has 0 saturated carbocycles. The Morgan fingerprint density at radius 1 is 1.56 bits per heavy atom. The number of hydrogen-bond acceptors (Lipinski definition) is 3. The van der Waals surface area contributed by atoms with E-state index in [1.807, 2.05) is 19.1 Å². The Bertz CT molecular complexity index is 396. The molecule has 98 valence electrons. The third-order valence-electron chi connectivity index (χ3n) is 3.23. The summed E-state index contributed by atoms with van der Waals surface area (Å²) in [7, 11) is 0. The van der Waals surface area contributed by atoms with Crippen molar-refractivity contribution in [2.75, 3.05) is 13.1 Å². The third-order valence-corrected chi connectivity index (χ3v) is 3.23. The molecule has 2 amide bonds. The van der Waals surface area contributed by atoms with Crippen molar-refractivity contribution in [3.8, 4) is 0 Å². The number of amides is 2. The van der Waals surface area contributed by atoms with E-state index in [0.717, 1.165) is 18.4 Å². The Hall–Kier alpha value is -1.62. The number of aliphatic hydroxyl groups excluding tert-OH is 1. The number of urea groups is 1. The van der Waals surface area contributed by atoms with Crippen LogP contribution in [0.15, 0.2) is 24.5 Å². The molecule has 1 aromatic heterocycles. The maximum atomic E-state index is 12.0. The topological polar surface area (TPSA) is 65.5 Å². The Kier molecular flexibility index (Phi) is 4.15. The van der Waals surface area contributed by atoms with Gasteiger partial charge in [-0.25, -0.2) is 4.79 Å². The quantitative estimate of drug-likeness (QED) is 0.830. The zero-order valence-corrected chi connectivity index (χ0v) is 10.5. The molecule has 1 fully saturated rings. The van der Waals surface area contributed by atoms with E-state index in [-0.39, 0.29) is 18.2 Å². The zero-order valence-electron chi connectivity index (χ0n) is 10.5. The average Bonchev–Trinajstić information content (AvgIpc) is 2.39. The van der Waals surface area contributed by atoms with Crippen molar-refractivity contribution in [2.24, 2.45) is 0 Å². The summed E-state index contributed by atoms with van der Waals surface area (Å²) >= 11 is 0. The first kappa shape index (κ1) is 12.8. The molecule has 1 aliphatic rings. The van der Waals surface area contributed by atoms with Gasteiger partial charge in [-0.15, -0.1) is 0 Å². The van der Waals surface area contributed by atoms with Gasteiger partial charge in [0, 0.05) is 25.5 Å². The second kappa shape index (κ2) is 5.82. The number of pyridine rings is 1. The summed E-state index contributed by atoms with van der Waals surface area (Å²) in [6.07, 6.45) is 4.67. The van der Waals surface area contributed by atoms with Crippen LogP contribution in [0.2, 0.25) is 0 Å². The first-order valence-electron chi connectivity index (χ1n) is 6.30. The van der Waals surface area contributed by atoms with Crippen molar-refractivity contribution >= 4 is 6.03 Å². The number of carbonyl (C=O) groups excluding carboxylic acids is 1. The summed E-state index contributed by atoms with van der Waals surface area (Å²) in [5.41, 5.74) is 1.02. The van der Waals surface area contributed by atoms with Gasteiger partial charge in [0.1, 0.15) is 0 Å². The van der Waals surface area contributed by atoms with Crippen molar-refractivity contribution in [3.05, 3.63) is 30.1 Å². The van der Waals surface area contributed by atoms with Crippen molar-refractivity contribution in [3.63, 3.8) is 0 Å². The van der Waals surface area contributed by atoms with Gasteiger partial charge >= 0.3 is 6.03 Å². The molecule has 2 atom stereocenters. The number of likely N-dealkylation sites (tertiary alicyclic amines) is 1. The molecule has 0 aromatic carbocycles. The van der Waals surface area contributed by atoms with Crippen LogP contribution in [0.1, 0.15) is 31.4 Å². The van der Waals surface area contributed by atoms with Crippen LogP contribution < -0.4 is 5.32 Å². The predicted octanol–water partition coefficient (Wildman–Crippen LogP) is 1.31. The van der Waals surface area contributed by atoms with Gasteiger partial charge in [-0.3, -0.25) is 4.98 Å². The number of nitrogens with zero attached hydrogens (tertiary/aromatic N) is 2. The number of aliphatic hydroxyl groups is 1. The van der Waals surface area contributed by atoms with Crippen molar-refractivity contribution < 1.29 is 9.90 Å². The minimum absolute atomic E-state index is 0.0560. The van der Waals surface area contributed by atoms with Crippen LogP contribution in [-0.4, -0.2) is 40.2 Å². The molecule has 0 radical (unpaired) electrons. The molecule has 0 bridgehead atoms. The summed E-state index contributed by atoms with van der Waals surface area (Å²) in [6.45, 7) is 3.08. The van der Waals surface area contributed by atoms with E-state index in [1.54, 1.807) is 17.3 Å². The van der Waals surface area contributed by atoms with E-state index >= 15 is 0 Å². The van der Waals surface area contributed by atoms with Gasteiger partial charge in [0.2, 0.25) is 0 Å². The first-order chi connectivity index (χ1) is 8.66. The normalized spacial score (nSPS) is 21.4. The lowest BCUT2D eigenvalue weighted by molar-refractivity contribution is 0.0835. The second-order valence-electron chi connectivity index (χ2n) is 4.69. The fraction of sp³-hybridized carbons (Fsp3) is 0.538. The predicted molar refractivity (Wildman–Crippen MR) is 68.0 cm³/mol. The summed E-state index contributed by atoms with van der Waals surface area (Å²) < 4.78 is 0. The summed E-state index contributed by atoms with van der Waals surface area (Å²) in [6, 6.07) is 3.60. The van der Waals surface area contributed by atoms with Crippen molar-refractivity contribution in [1.29, 1.82) is 0 Å². The van der Waals surface area contributed by atoms with Gasteiger partial charge in [-0.1, -0.05) is 0 Å². The molecule has 1 saturated heterocycles. The molecule has 1 aliphatic heterocycles. The molecular formula is C13H19N3O2. The largest absolute Gasteiger partial charge is 0.391 e. The first-order valence-corrected chi connectivity index (χ1v) is 6.30. The molecule has 0 spiro atoms. The maximum absolute atomic E-state index is 12.0. The molecule has 5 heteroatoms. The molecule has 18 heavy (non-hydrogen) atoms. The molecule has 1 aromatic rings. The Labute approximate surface area is 107 Å². The lowest BCUT2D eigenvalue weighted by atomic mass is 10.1. The minimum atomic E-state index is -0.388. The third kappa shape index (κ3) is 3.20. The molecule has 2 rings (SSSR count). The van der Waals surface area contributed by atoms with E-state index in [0.29, 0.717) is 13.1 Å². The maximum Gasteiger partial charge on any atom is 0.317 e. The number of carbonyl (C=O) groups is 1. The molecule has 2 N–H and O–H groups in total. The highest BCUT2D eigenvalue weighted by molar-refractivity contribution is 5.74. The molecule has 0 aliphatic carbocycles. The van der Waals surface area contributed by atoms with Crippen molar-refractivity contribution in [2.45, 2.75) is 31.9 Å². The fourth-order valence-electron chi connectivity index (χ4n) is 2.15. The van der Waals surface area contributed by atoms with Crippen molar-refractivity contribution in [1.82, 2.24) is 15.2 Å². The number of aromatic nitrogens is 1. The zero-order chi connectivity index (χ0) is 13.0. The number of rotatable bonds is 2. The Balaban J connectivity index is 1.91. The number of nitrogens with one attached hydrogen (secondary N) is 1. The molecule has 2 unspecified atom stereocenters. The van der Waals surface area contributed by atoms with Gasteiger partial charge in [-0.05, 0) is 37.5 Å². The molecule has 5 nitrogen and oxygen atoms in total. The highest BCUT2D eigenvalue weighted by atomic mass is 16.3. The number of β-amino-alcohol motifs (C(OH)–C–C–N with tert-alkyl or cyclic N) is 1. The SMILES string of the molecule is CC(NC(=O)N1CCCC(O)C1)c1ccncc1. The lowest BCUT2D eigenvalue weighted by Crippen LogP contribution is -2.47. The van der Waals surface area contributed by atoms with Gasteiger partial charge in [0.25, 0.3) is 0 Å². The number of hydrogen-bond donors (Lipinski definition) is 2. The minimum Gasteiger partial charge on any atom is -0.391 e. The Morgan fingerprint density at radius 3 is 2.94 bits per heavy atom. The van der Waals surface area contributed by atoms with Crippen LogP contribution >= 0.6 is 0 Å². The Morgan fingerprint density at radius 2 is 2.28 bits per heavy atom. The lowest BCUT2D eigenvalue weighted by Gasteiger charge is -2.31. The molecular weight excluding hydrogens is 230 g/mol. The van der Waals surface area contributed by atoms with E-state index in [2.05, 4.69) is 10.3 Å². The summed E-state index contributed by atoms with van der Waals surface area (Å²) in [5, 5.41) is 12.5. The highest BCUT2D eigenvalue weighted by Gasteiger charge is 2.23. The average molecular weight is 249 g/mol. The van der Waals surface area contributed by atoms with Crippen LogP contribution in [0, 0.1) is 0 Å². The van der Waals surface area contributed by atoms with Crippen LogP contribution in [0.5, 0.6) is 0 Å². The van der Waals surface area contributed by atoms with Gasteiger partial charge < -0.3 is 15.3 Å². The smallest absolute Gasteiger partial charge is 0.317 e. The summed E-state index contributed by atoms with van der Waals surface area (Å²) in [5.74, 6) is 0. The van der Waals surface area contributed by atoms with Crippen LogP contribution in [-0.2, 0) is 0 Å². The summed E-state index contributed by atoms with van der Waals surface area (Å²) in [4.78, 5) is 17.6. The second-order valence-corrected chi connectivity index (χ2v) is 4.69. The van der Waals surface area contributed by atoms with E-state index in [9.17, 15) is 9.90 Å². The number of piperidine rings is 1. The van der Waals surface area contributed by atoms with Crippen LogP contribution in [0.4, 0.5) is 4.79 Å². The standard InChI is InChI=1S/C13H19N3O2/c1-10(11-4-6-14-7-5-11)15-13(18)16-8-2-3-12(17)9-16/h4-7,10,12,17H,2-3,8-9H2,1H3,(H,15,18). The van der Waals surface area contributed by atoms with Crippen LogP contribution in [0.25, 0.3) is 0 Å². The van der Waals surface area contributed by atoms with E-state index in [1.165, 1.54) is 0 Å². The van der Waals surface area contributed by atoms with Gasteiger partial charge in [-0.2, -0.15) is 0 Å².